The highest BCUT2D eigenvalue weighted by Crippen LogP contribution is 2.28. The first-order valence-electron chi connectivity index (χ1n) is 7.70. The molecular weight excluding hydrogens is 346 g/mol. The second-order valence-corrected chi connectivity index (χ2v) is 6.71. The molecule has 130 valence electrons. The zero-order valence-electron chi connectivity index (χ0n) is 13.7. The first-order chi connectivity index (χ1) is 11.9. The van der Waals surface area contributed by atoms with E-state index < -0.39 is 0 Å². The fourth-order valence-corrected chi connectivity index (χ4v) is 3.26. The van der Waals surface area contributed by atoms with Gasteiger partial charge in [0.25, 0.3) is 11.1 Å². The van der Waals surface area contributed by atoms with Crippen LogP contribution in [0, 0.1) is 11.6 Å². The van der Waals surface area contributed by atoms with Crippen LogP contribution in [-0.4, -0.2) is 23.5 Å². The molecule has 1 heterocycles. The van der Waals surface area contributed by atoms with Crippen molar-refractivity contribution in [2.45, 2.75) is 19.9 Å². The Morgan fingerprint density at radius 1 is 1.16 bits per heavy atom. The molecular formula is C18H16F2N2O2S. The highest BCUT2D eigenvalue weighted by atomic mass is 32.1. The number of ether oxygens (including phenoxy) is 1. The van der Waals surface area contributed by atoms with Crippen molar-refractivity contribution in [3.63, 3.8) is 0 Å². The largest absolute Gasteiger partial charge is 0.460 e. The molecule has 1 amide bonds. The van der Waals surface area contributed by atoms with E-state index in [4.69, 9.17) is 4.74 Å². The zero-order valence-corrected chi connectivity index (χ0v) is 14.5. The molecule has 2 aromatic carbocycles. The molecule has 0 fully saturated rings. The topological polar surface area (TPSA) is 42.4 Å². The van der Waals surface area contributed by atoms with Crippen LogP contribution in [0.3, 0.4) is 0 Å². The molecule has 25 heavy (non-hydrogen) atoms. The van der Waals surface area contributed by atoms with Gasteiger partial charge in [-0.05, 0) is 50.2 Å². The number of fused-ring (bicyclic) bond motifs is 1. The molecule has 0 aliphatic heterocycles. The first kappa shape index (κ1) is 17.3. The fourth-order valence-electron chi connectivity index (χ4n) is 2.47. The van der Waals surface area contributed by atoms with Crippen molar-refractivity contribution < 1.29 is 18.3 Å². The molecule has 0 unspecified atom stereocenters. The predicted molar refractivity (Wildman–Crippen MR) is 94.1 cm³/mol. The summed E-state index contributed by atoms with van der Waals surface area (Å²) in [6, 6.07) is 9.88. The molecule has 0 spiro atoms. The van der Waals surface area contributed by atoms with Crippen LogP contribution >= 0.6 is 11.3 Å². The molecule has 0 aliphatic carbocycles. The van der Waals surface area contributed by atoms with Crippen molar-refractivity contribution in [3.05, 3.63) is 54.1 Å². The van der Waals surface area contributed by atoms with Gasteiger partial charge in [0.2, 0.25) is 0 Å². The van der Waals surface area contributed by atoms with Crippen LogP contribution in [0.25, 0.3) is 10.2 Å². The van der Waals surface area contributed by atoms with Crippen molar-refractivity contribution in [3.8, 4) is 5.19 Å². The number of benzene rings is 2. The number of rotatable bonds is 5. The summed E-state index contributed by atoms with van der Waals surface area (Å²) in [5.41, 5.74) is 1.09. The van der Waals surface area contributed by atoms with E-state index in [0.29, 0.717) is 16.4 Å². The second-order valence-electron chi connectivity index (χ2n) is 5.71. The molecule has 0 N–H and O–H groups in total. The van der Waals surface area contributed by atoms with Gasteiger partial charge in [-0.15, -0.1) is 0 Å². The number of carbonyl (C=O) groups is 1. The fraction of sp³-hybridized carbons (Fsp3) is 0.222. The molecule has 0 saturated carbocycles. The van der Waals surface area contributed by atoms with E-state index in [0.717, 1.165) is 4.70 Å². The van der Waals surface area contributed by atoms with Gasteiger partial charge < -0.3 is 9.64 Å². The lowest BCUT2D eigenvalue weighted by Gasteiger charge is -2.26. The molecule has 7 heteroatoms. The molecule has 0 radical (unpaired) electrons. The molecule has 0 saturated heterocycles. The Labute approximate surface area is 147 Å². The van der Waals surface area contributed by atoms with Crippen molar-refractivity contribution in [2.24, 2.45) is 0 Å². The number of amides is 1. The van der Waals surface area contributed by atoms with Crippen molar-refractivity contribution in [1.29, 1.82) is 0 Å². The number of hydrogen-bond acceptors (Lipinski definition) is 4. The molecule has 4 nitrogen and oxygen atoms in total. The van der Waals surface area contributed by atoms with Gasteiger partial charge in [-0.2, -0.15) is 0 Å². The molecule has 0 aliphatic rings. The Bertz CT molecular complexity index is 894. The third kappa shape index (κ3) is 3.93. The minimum Gasteiger partial charge on any atom is -0.460 e. The summed E-state index contributed by atoms with van der Waals surface area (Å²) in [7, 11) is 0. The average molecular weight is 362 g/mol. The highest BCUT2D eigenvalue weighted by molar-refractivity contribution is 7.20. The van der Waals surface area contributed by atoms with E-state index >= 15 is 0 Å². The molecule has 3 aromatic rings. The maximum absolute atomic E-state index is 13.2. The van der Waals surface area contributed by atoms with Crippen LogP contribution in [0.15, 0.2) is 42.5 Å². The SMILES string of the molecule is CC(C)N(C(=O)COc1nc2cc(F)ccc2s1)c1ccc(F)cc1. The van der Waals surface area contributed by atoms with E-state index in [1.165, 1.54) is 40.5 Å². The van der Waals surface area contributed by atoms with Gasteiger partial charge in [-0.1, -0.05) is 11.3 Å². The normalized spacial score (nSPS) is 11.1. The molecule has 3 rings (SSSR count). The summed E-state index contributed by atoms with van der Waals surface area (Å²) in [5, 5.41) is 0.303. The number of hydrogen-bond donors (Lipinski definition) is 0. The number of halogens is 2. The maximum atomic E-state index is 13.2. The standard InChI is InChI=1S/C18H16F2N2O2S/c1-11(2)22(14-6-3-12(19)4-7-14)17(23)10-24-18-21-15-9-13(20)5-8-16(15)25-18/h3-9,11H,10H2,1-2H3. The third-order valence-corrected chi connectivity index (χ3v) is 4.49. The predicted octanol–water partition coefficient (Wildman–Crippen LogP) is 4.39. The summed E-state index contributed by atoms with van der Waals surface area (Å²) in [6.45, 7) is 3.52. The van der Waals surface area contributed by atoms with Crippen LogP contribution in [0.5, 0.6) is 5.19 Å². The lowest BCUT2D eigenvalue weighted by atomic mass is 10.2. The smallest absolute Gasteiger partial charge is 0.274 e. The van der Waals surface area contributed by atoms with Gasteiger partial charge in [0, 0.05) is 17.8 Å². The van der Waals surface area contributed by atoms with Crippen LogP contribution in [-0.2, 0) is 4.79 Å². The lowest BCUT2D eigenvalue weighted by Crippen LogP contribution is -2.40. The van der Waals surface area contributed by atoms with E-state index in [9.17, 15) is 13.6 Å². The van der Waals surface area contributed by atoms with Crippen molar-refractivity contribution >= 4 is 33.1 Å². The van der Waals surface area contributed by atoms with E-state index in [1.807, 2.05) is 13.8 Å². The second kappa shape index (κ2) is 7.14. The van der Waals surface area contributed by atoms with Gasteiger partial charge >= 0.3 is 0 Å². The van der Waals surface area contributed by atoms with Crippen LogP contribution in [0.2, 0.25) is 0 Å². The molecule has 0 atom stereocenters. The number of carbonyl (C=O) groups excluding carboxylic acids is 1. The number of thiazole rings is 1. The van der Waals surface area contributed by atoms with Gasteiger partial charge in [-0.25, -0.2) is 13.8 Å². The van der Waals surface area contributed by atoms with E-state index in [-0.39, 0.29) is 30.2 Å². The highest BCUT2D eigenvalue weighted by Gasteiger charge is 2.20. The summed E-state index contributed by atoms with van der Waals surface area (Å²) < 4.78 is 32.6. The number of aromatic nitrogens is 1. The summed E-state index contributed by atoms with van der Waals surface area (Å²) >= 11 is 1.25. The van der Waals surface area contributed by atoms with Gasteiger partial charge in [-0.3, -0.25) is 4.79 Å². The average Bonchev–Trinajstić information content (AvgIpc) is 2.96. The minimum absolute atomic E-state index is 0.119. The monoisotopic (exact) mass is 362 g/mol. The Balaban J connectivity index is 1.73. The van der Waals surface area contributed by atoms with Crippen molar-refractivity contribution in [1.82, 2.24) is 4.98 Å². The Kier molecular flexibility index (Phi) is 4.94. The summed E-state index contributed by atoms with van der Waals surface area (Å²) in [5.74, 6) is -1.01. The van der Waals surface area contributed by atoms with E-state index in [1.54, 1.807) is 18.2 Å². The molecule has 1 aromatic heterocycles. The minimum atomic E-state index is -0.372. The van der Waals surface area contributed by atoms with Crippen molar-refractivity contribution in [2.75, 3.05) is 11.5 Å². The summed E-state index contributed by atoms with van der Waals surface area (Å²) in [4.78, 5) is 18.2. The quantitative estimate of drug-likeness (QED) is 0.676. The summed E-state index contributed by atoms with van der Waals surface area (Å²) in [6.07, 6.45) is 0. The van der Waals surface area contributed by atoms with Crippen LogP contribution in [0.4, 0.5) is 14.5 Å². The lowest BCUT2D eigenvalue weighted by molar-refractivity contribution is -0.120. The zero-order chi connectivity index (χ0) is 18.0. The van der Waals surface area contributed by atoms with Gasteiger partial charge in [0.05, 0.1) is 10.2 Å². The Morgan fingerprint density at radius 2 is 1.84 bits per heavy atom. The number of anilines is 1. The van der Waals surface area contributed by atoms with E-state index in [2.05, 4.69) is 4.98 Å². The first-order valence-corrected chi connectivity index (χ1v) is 8.52. The Morgan fingerprint density at radius 3 is 2.52 bits per heavy atom. The third-order valence-electron chi connectivity index (χ3n) is 3.54. The molecule has 0 bridgehead atoms. The van der Waals surface area contributed by atoms with Crippen LogP contribution < -0.4 is 9.64 Å². The maximum Gasteiger partial charge on any atom is 0.274 e. The Hall–Kier alpha value is -2.54. The van der Waals surface area contributed by atoms with Gasteiger partial charge in [0.1, 0.15) is 11.6 Å². The van der Waals surface area contributed by atoms with Crippen LogP contribution in [0.1, 0.15) is 13.8 Å². The van der Waals surface area contributed by atoms with Gasteiger partial charge in [0.15, 0.2) is 6.61 Å². The number of nitrogens with zero attached hydrogens (tertiary/aromatic N) is 2.